The molecule has 0 aliphatic rings. The molecule has 2 amide bonds. The summed E-state index contributed by atoms with van der Waals surface area (Å²) in [6.07, 6.45) is 0. The van der Waals surface area contributed by atoms with Gasteiger partial charge in [-0.15, -0.1) is 0 Å². The Balaban J connectivity index is 1.64. The van der Waals surface area contributed by atoms with Crippen LogP contribution in [-0.2, 0) is 0 Å². The van der Waals surface area contributed by atoms with Crippen LogP contribution in [0.5, 0.6) is 5.75 Å². The van der Waals surface area contributed by atoms with Gasteiger partial charge >= 0.3 is 0 Å². The molecule has 0 fully saturated rings. The Morgan fingerprint density at radius 1 is 0.906 bits per heavy atom. The van der Waals surface area contributed by atoms with E-state index in [1.165, 1.54) is 24.3 Å². The number of nitro benzene ring substituents is 1. The predicted molar refractivity (Wildman–Crippen MR) is 118 cm³/mol. The largest absolute Gasteiger partial charge is 0.497 e. The summed E-state index contributed by atoms with van der Waals surface area (Å²) in [5.41, 5.74) is 1.21. The number of amides is 2. The SMILES string of the molecule is COc1ccc(NC(=O)c2oc3ccccc3c2NC(=O)c2ccc([N+](=O)[O-])cc2)cc1. The van der Waals surface area contributed by atoms with Gasteiger partial charge in [0.2, 0.25) is 5.76 Å². The van der Waals surface area contributed by atoms with E-state index < -0.39 is 16.7 Å². The van der Waals surface area contributed by atoms with Crippen molar-refractivity contribution in [1.29, 1.82) is 0 Å². The Kier molecular flexibility index (Phi) is 5.54. The quantitative estimate of drug-likeness (QED) is 0.332. The number of rotatable bonds is 6. The zero-order valence-electron chi connectivity index (χ0n) is 16.8. The van der Waals surface area contributed by atoms with Gasteiger partial charge in [0.05, 0.1) is 12.0 Å². The van der Waals surface area contributed by atoms with Crippen LogP contribution in [0, 0.1) is 10.1 Å². The highest BCUT2D eigenvalue weighted by Gasteiger charge is 2.23. The summed E-state index contributed by atoms with van der Waals surface area (Å²) in [4.78, 5) is 36.0. The number of nitrogens with one attached hydrogen (secondary N) is 2. The van der Waals surface area contributed by atoms with Crippen molar-refractivity contribution in [2.75, 3.05) is 17.7 Å². The molecule has 0 unspecified atom stereocenters. The summed E-state index contributed by atoms with van der Waals surface area (Å²) in [6, 6.07) is 18.8. The fourth-order valence-corrected chi connectivity index (χ4v) is 3.11. The molecule has 0 atom stereocenters. The van der Waals surface area contributed by atoms with Gasteiger partial charge in [-0.2, -0.15) is 0 Å². The normalized spacial score (nSPS) is 10.5. The number of hydrogen-bond acceptors (Lipinski definition) is 6. The molecule has 160 valence electrons. The highest BCUT2D eigenvalue weighted by atomic mass is 16.6. The first kappa shape index (κ1) is 20.6. The minimum atomic E-state index is -0.551. The molecule has 0 bridgehead atoms. The molecule has 0 aliphatic carbocycles. The minimum absolute atomic E-state index is 0.0720. The smallest absolute Gasteiger partial charge is 0.293 e. The van der Waals surface area contributed by atoms with Crippen molar-refractivity contribution in [3.05, 3.63) is 94.2 Å². The van der Waals surface area contributed by atoms with E-state index in [-0.39, 0.29) is 22.7 Å². The Morgan fingerprint density at radius 2 is 1.59 bits per heavy atom. The molecule has 1 aromatic heterocycles. The van der Waals surface area contributed by atoms with Crippen LogP contribution in [0.2, 0.25) is 0 Å². The van der Waals surface area contributed by atoms with Gasteiger partial charge in [-0.05, 0) is 48.5 Å². The molecule has 32 heavy (non-hydrogen) atoms. The first-order chi connectivity index (χ1) is 15.5. The molecule has 2 N–H and O–H groups in total. The first-order valence-electron chi connectivity index (χ1n) is 9.49. The summed E-state index contributed by atoms with van der Waals surface area (Å²) in [7, 11) is 1.54. The van der Waals surface area contributed by atoms with E-state index in [0.29, 0.717) is 22.4 Å². The summed E-state index contributed by atoms with van der Waals surface area (Å²) in [5.74, 6) is -0.518. The van der Waals surface area contributed by atoms with Gasteiger partial charge in [-0.25, -0.2) is 0 Å². The highest BCUT2D eigenvalue weighted by molar-refractivity contribution is 6.16. The van der Waals surface area contributed by atoms with Crippen LogP contribution in [0.25, 0.3) is 11.0 Å². The van der Waals surface area contributed by atoms with Crippen molar-refractivity contribution in [1.82, 2.24) is 0 Å². The summed E-state index contributed by atoms with van der Waals surface area (Å²) >= 11 is 0. The standard InChI is InChI=1S/C23H17N3O6/c1-31-17-12-8-15(9-13-17)24-23(28)21-20(18-4-2-3-5-19(18)32-21)25-22(27)14-6-10-16(11-7-14)26(29)30/h2-13H,1H3,(H,24,28)(H,25,27). The summed E-state index contributed by atoms with van der Waals surface area (Å²) in [5, 5.41) is 16.8. The second-order valence-electron chi connectivity index (χ2n) is 6.74. The van der Waals surface area contributed by atoms with Crippen molar-refractivity contribution in [3.8, 4) is 5.75 Å². The number of nitrogens with zero attached hydrogens (tertiary/aromatic N) is 1. The zero-order valence-corrected chi connectivity index (χ0v) is 16.8. The second-order valence-corrected chi connectivity index (χ2v) is 6.74. The number of non-ortho nitro benzene ring substituents is 1. The number of furan rings is 1. The lowest BCUT2D eigenvalue weighted by Gasteiger charge is -2.08. The second kappa shape index (κ2) is 8.60. The maximum absolute atomic E-state index is 12.9. The third kappa shape index (κ3) is 4.12. The Morgan fingerprint density at radius 3 is 2.25 bits per heavy atom. The van der Waals surface area contributed by atoms with Gasteiger partial charge in [-0.3, -0.25) is 19.7 Å². The van der Waals surface area contributed by atoms with Crippen LogP contribution in [0.1, 0.15) is 20.9 Å². The molecule has 9 heteroatoms. The van der Waals surface area contributed by atoms with E-state index >= 15 is 0 Å². The molecule has 0 saturated heterocycles. The maximum atomic E-state index is 12.9. The van der Waals surface area contributed by atoms with Crippen molar-refractivity contribution in [2.45, 2.75) is 0 Å². The lowest BCUT2D eigenvalue weighted by atomic mass is 10.1. The van der Waals surface area contributed by atoms with E-state index in [2.05, 4.69) is 10.6 Å². The fraction of sp³-hybridized carbons (Fsp3) is 0.0435. The molecular formula is C23H17N3O6. The number of methoxy groups -OCH3 is 1. The van der Waals surface area contributed by atoms with E-state index in [9.17, 15) is 19.7 Å². The van der Waals surface area contributed by atoms with Crippen LogP contribution >= 0.6 is 0 Å². The maximum Gasteiger partial charge on any atom is 0.293 e. The van der Waals surface area contributed by atoms with Crippen molar-refractivity contribution < 1.29 is 23.7 Å². The van der Waals surface area contributed by atoms with Crippen LogP contribution in [0.3, 0.4) is 0 Å². The van der Waals surface area contributed by atoms with Crippen LogP contribution in [0.15, 0.2) is 77.2 Å². The van der Waals surface area contributed by atoms with E-state index in [0.717, 1.165) is 0 Å². The van der Waals surface area contributed by atoms with Gasteiger partial charge in [0, 0.05) is 28.8 Å². The Bertz CT molecular complexity index is 1310. The highest BCUT2D eigenvalue weighted by Crippen LogP contribution is 2.32. The third-order valence-corrected chi connectivity index (χ3v) is 4.73. The molecule has 4 rings (SSSR count). The molecule has 1 heterocycles. The number of carbonyl (C=O) groups is 2. The van der Waals surface area contributed by atoms with Gasteiger partial charge in [0.25, 0.3) is 17.5 Å². The number of benzene rings is 3. The van der Waals surface area contributed by atoms with E-state index in [1.807, 2.05) is 0 Å². The zero-order chi connectivity index (χ0) is 22.7. The van der Waals surface area contributed by atoms with Gasteiger partial charge in [-0.1, -0.05) is 12.1 Å². The number of nitro groups is 1. The van der Waals surface area contributed by atoms with Crippen molar-refractivity contribution >= 4 is 39.8 Å². The van der Waals surface area contributed by atoms with Gasteiger partial charge in [0.1, 0.15) is 17.0 Å². The molecule has 4 aromatic rings. The Labute approximate surface area is 181 Å². The number of para-hydroxylation sites is 1. The van der Waals surface area contributed by atoms with Crippen molar-refractivity contribution in [3.63, 3.8) is 0 Å². The molecule has 0 aliphatic heterocycles. The monoisotopic (exact) mass is 431 g/mol. The number of hydrogen-bond donors (Lipinski definition) is 2. The molecule has 0 radical (unpaired) electrons. The summed E-state index contributed by atoms with van der Waals surface area (Å²) < 4.78 is 10.8. The molecule has 9 nitrogen and oxygen atoms in total. The number of carbonyl (C=O) groups excluding carboxylic acids is 2. The number of anilines is 2. The topological polar surface area (TPSA) is 124 Å². The number of fused-ring (bicyclic) bond motifs is 1. The average Bonchev–Trinajstić information content (AvgIpc) is 3.18. The molecular weight excluding hydrogens is 414 g/mol. The predicted octanol–water partition coefficient (Wildman–Crippen LogP) is 4.85. The fourth-order valence-electron chi connectivity index (χ4n) is 3.11. The Hall–Kier alpha value is -4.66. The molecule has 0 spiro atoms. The number of ether oxygens (including phenoxy) is 1. The van der Waals surface area contributed by atoms with Crippen LogP contribution < -0.4 is 15.4 Å². The average molecular weight is 431 g/mol. The third-order valence-electron chi connectivity index (χ3n) is 4.73. The van der Waals surface area contributed by atoms with Gasteiger partial charge in [0.15, 0.2) is 0 Å². The van der Waals surface area contributed by atoms with Crippen LogP contribution in [-0.4, -0.2) is 23.8 Å². The van der Waals surface area contributed by atoms with E-state index in [1.54, 1.807) is 55.6 Å². The van der Waals surface area contributed by atoms with Crippen molar-refractivity contribution in [2.24, 2.45) is 0 Å². The van der Waals surface area contributed by atoms with Gasteiger partial charge < -0.3 is 19.8 Å². The van der Waals surface area contributed by atoms with Crippen LogP contribution in [0.4, 0.5) is 17.1 Å². The van der Waals surface area contributed by atoms with E-state index in [4.69, 9.17) is 9.15 Å². The first-order valence-corrected chi connectivity index (χ1v) is 9.49. The molecule has 0 saturated carbocycles. The minimum Gasteiger partial charge on any atom is -0.497 e. The lowest BCUT2D eigenvalue weighted by Crippen LogP contribution is -2.17. The molecule has 3 aromatic carbocycles. The summed E-state index contributed by atoms with van der Waals surface area (Å²) in [6.45, 7) is 0. The lowest BCUT2D eigenvalue weighted by molar-refractivity contribution is -0.384.